The molecule has 0 atom stereocenters. The van der Waals surface area contributed by atoms with Crippen LogP contribution in [-0.4, -0.2) is 17.4 Å². The number of nitrogens with one attached hydrogen (secondary N) is 2. The third-order valence-electron chi connectivity index (χ3n) is 2.50. The van der Waals surface area contributed by atoms with Crippen LogP contribution >= 0.6 is 15.9 Å². The number of carbonyl (C=O) groups is 1. The van der Waals surface area contributed by atoms with Gasteiger partial charge in [0.15, 0.2) is 0 Å². The smallest absolute Gasteiger partial charge is 0.271 e. The van der Waals surface area contributed by atoms with Gasteiger partial charge >= 0.3 is 0 Å². The average Bonchev–Trinajstić information content (AvgIpc) is 2.33. The molecule has 100 valence electrons. The van der Waals surface area contributed by atoms with E-state index in [9.17, 15) is 9.59 Å². The summed E-state index contributed by atoms with van der Waals surface area (Å²) in [6.45, 7) is 0.694. The maximum Gasteiger partial charge on any atom is 0.271 e. The van der Waals surface area contributed by atoms with Crippen LogP contribution in [0.2, 0.25) is 0 Å². The van der Waals surface area contributed by atoms with E-state index >= 15 is 0 Å². The minimum absolute atomic E-state index is 0.133. The number of amides is 1. The summed E-state index contributed by atoms with van der Waals surface area (Å²) in [7, 11) is 0. The Bertz CT molecular complexity index is 445. The molecular formula is C12H18BrN3O2. The largest absolute Gasteiger partial charge is 0.330 e. The van der Waals surface area contributed by atoms with Crippen LogP contribution in [0.1, 0.15) is 32.1 Å². The molecule has 1 aromatic rings. The lowest BCUT2D eigenvalue weighted by molar-refractivity contribution is -0.116. The van der Waals surface area contributed by atoms with Gasteiger partial charge < -0.3 is 16.0 Å². The van der Waals surface area contributed by atoms with E-state index in [1.54, 1.807) is 6.07 Å². The van der Waals surface area contributed by atoms with Crippen molar-refractivity contribution in [3.63, 3.8) is 0 Å². The number of nitrogens with two attached hydrogens (primary N) is 1. The fraction of sp³-hybridized carbons (Fsp3) is 0.500. The number of rotatable bonds is 7. The molecule has 5 nitrogen and oxygen atoms in total. The molecule has 18 heavy (non-hydrogen) atoms. The Hall–Kier alpha value is -1.14. The molecule has 1 amide bonds. The monoisotopic (exact) mass is 315 g/mol. The minimum atomic E-state index is -0.297. The van der Waals surface area contributed by atoms with Gasteiger partial charge in [-0.3, -0.25) is 9.59 Å². The molecule has 0 radical (unpaired) electrons. The number of unbranched alkanes of at least 4 members (excludes halogenated alkanes) is 3. The Balaban J connectivity index is 2.35. The topological polar surface area (TPSA) is 88.0 Å². The number of aromatic amines is 1. The third kappa shape index (κ3) is 5.46. The van der Waals surface area contributed by atoms with Gasteiger partial charge in [-0.05, 0) is 41.4 Å². The second-order valence-electron chi connectivity index (χ2n) is 4.06. The molecule has 0 aliphatic rings. The highest BCUT2D eigenvalue weighted by Crippen LogP contribution is 2.11. The Morgan fingerprint density at radius 3 is 2.78 bits per heavy atom. The van der Waals surface area contributed by atoms with Crippen LogP contribution in [-0.2, 0) is 4.79 Å². The van der Waals surface area contributed by atoms with Crippen molar-refractivity contribution >= 4 is 27.5 Å². The lowest BCUT2D eigenvalue weighted by Crippen LogP contribution is -2.19. The summed E-state index contributed by atoms with van der Waals surface area (Å²) in [5.74, 6) is -0.133. The highest BCUT2D eigenvalue weighted by Gasteiger charge is 2.05. The lowest BCUT2D eigenvalue weighted by Gasteiger charge is -2.04. The fourth-order valence-electron chi connectivity index (χ4n) is 1.55. The maximum absolute atomic E-state index is 11.6. The fourth-order valence-corrected chi connectivity index (χ4v) is 1.89. The third-order valence-corrected chi connectivity index (χ3v) is 2.96. The van der Waals surface area contributed by atoms with Gasteiger partial charge in [-0.15, -0.1) is 0 Å². The molecule has 0 unspecified atom stereocenters. The van der Waals surface area contributed by atoms with E-state index in [4.69, 9.17) is 5.73 Å². The number of carbonyl (C=O) groups excluding carboxylic acids is 1. The van der Waals surface area contributed by atoms with E-state index in [2.05, 4.69) is 26.2 Å². The van der Waals surface area contributed by atoms with Crippen molar-refractivity contribution in [1.29, 1.82) is 0 Å². The molecule has 1 rings (SSSR count). The van der Waals surface area contributed by atoms with Crippen LogP contribution in [0, 0.1) is 0 Å². The van der Waals surface area contributed by atoms with Gasteiger partial charge in [0.2, 0.25) is 5.91 Å². The Labute approximate surface area is 114 Å². The van der Waals surface area contributed by atoms with Crippen LogP contribution in [0.25, 0.3) is 0 Å². The van der Waals surface area contributed by atoms with Gasteiger partial charge in [0, 0.05) is 17.1 Å². The molecule has 6 heteroatoms. The first kappa shape index (κ1) is 14.9. The Kier molecular flexibility index (Phi) is 6.67. The molecule has 0 spiro atoms. The van der Waals surface area contributed by atoms with Crippen LogP contribution in [0.4, 0.5) is 5.69 Å². The molecule has 0 saturated carbocycles. The summed E-state index contributed by atoms with van der Waals surface area (Å²) in [4.78, 5) is 25.5. The zero-order valence-corrected chi connectivity index (χ0v) is 11.8. The first-order valence-corrected chi connectivity index (χ1v) is 6.81. The first-order valence-electron chi connectivity index (χ1n) is 6.01. The van der Waals surface area contributed by atoms with E-state index in [-0.39, 0.29) is 17.2 Å². The molecule has 1 aromatic heterocycles. The molecule has 1 heterocycles. The van der Waals surface area contributed by atoms with Crippen LogP contribution in [0.3, 0.4) is 0 Å². The zero-order valence-electron chi connectivity index (χ0n) is 10.2. The number of H-pyrrole nitrogens is 1. The van der Waals surface area contributed by atoms with E-state index in [1.165, 1.54) is 6.20 Å². The van der Waals surface area contributed by atoms with E-state index < -0.39 is 0 Å². The van der Waals surface area contributed by atoms with Gasteiger partial charge in [-0.25, -0.2) is 0 Å². The van der Waals surface area contributed by atoms with Crippen molar-refractivity contribution < 1.29 is 4.79 Å². The summed E-state index contributed by atoms with van der Waals surface area (Å²) < 4.78 is 0.723. The summed E-state index contributed by atoms with van der Waals surface area (Å²) in [5.41, 5.74) is 5.36. The molecular weight excluding hydrogens is 298 g/mol. The van der Waals surface area contributed by atoms with Gasteiger partial charge in [0.1, 0.15) is 5.69 Å². The van der Waals surface area contributed by atoms with Gasteiger partial charge in [-0.2, -0.15) is 0 Å². The summed E-state index contributed by atoms with van der Waals surface area (Å²) in [6.07, 6.45) is 5.80. The maximum atomic E-state index is 11.6. The average molecular weight is 316 g/mol. The quantitative estimate of drug-likeness (QED) is 0.672. The molecule has 0 bridgehead atoms. The van der Waals surface area contributed by atoms with Crippen LogP contribution < -0.4 is 16.6 Å². The normalized spacial score (nSPS) is 10.3. The second kappa shape index (κ2) is 8.05. The predicted molar refractivity (Wildman–Crippen MR) is 75.5 cm³/mol. The van der Waals surface area contributed by atoms with Gasteiger partial charge in [-0.1, -0.05) is 12.8 Å². The molecule has 0 aliphatic heterocycles. The number of anilines is 1. The van der Waals surface area contributed by atoms with E-state index in [1.807, 2.05) is 0 Å². The van der Waals surface area contributed by atoms with Crippen LogP contribution in [0.5, 0.6) is 0 Å². The summed E-state index contributed by atoms with van der Waals surface area (Å²) >= 11 is 3.23. The number of aromatic nitrogens is 1. The molecule has 0 aliphatic carbocycles. The van der Waals surface area contributed by atoms with Gasteiger partial charge in [0.25, 0.3) is 5.56 Å². The lowest BCUT2D eigenvalue weighted by atomic mass is 10.1. The number of pyridine rings is 1. The van der Waals surface area contributed by atoms with Crippen molar-refractivity contribution in [2.75, 3.05) is 11.9 Å². The highest BCUT2D eigenvalue weighted by molar-refractivity contribution is 9.10. The molecule has 0 saturated heterocycles. The Morgan fingerprint density at radius 2 is 2.06 bits per heavy atom. The highest BCUT2D eigenvalue weighted by atomic mass is 79.9. The number of halogens is 1. The number of hydrogen-bond donors (Lipinski definition) is 3. The number of hydrogen-bond acceptors (Lipinski definition) is 3. The van der Waals surface area contributed by atoms with Crippen LogP contribution in [0.15, 0.2) is 21.5 Å². The predicted octanol–water partition coefficient (Wildman–Crippen LogP) is 1.99. The molecule has 0 aromatic carbocycles. The van der Waals surface area contributed by atoms with Gasteiger partial charge in [0.05, 0.1) is 0 Å². The standard InChI is InChI=1S/C12H18BrN3O2/c13-9-7-10(12(18)15-8-9)16-11(17)5-3-1-2-4-6-14/h7-8H,1-6,14H2,(H,15,18)(H,16,17). The van der Waals surface area contributed by atoms with E-state index in [0.29, 0.717) is 13.0 Å². The van der Waals surface area contributed by atoms with Crippen molar-refractivity contribution in [1.82, 2.24) is 4.98 Å². The van der Waals surface area contributed by atoms with Crippen molar-refractivity contribution in [3.05, 3.63) is 27.1 Å². The van der Waals surface area contributed by atoms with E-state index in [0.717, 1.165) is 30.2 Å². The van der Waals surface area contributed by atoms with Crippen molar-refractivity contribution in [3.8, 4) is 0 Å². The SMILES string of the molecule is NCCCCCCC(=O)Nc1cc(Br)c[nH]c1=O. The van der Waals surface area contributed by atoms with Crippen molar-refractivity contribution in [2.45, 2.75) is 32.1 Å². The second-order valence-corrected chi connectivity index (χ2v) is 4.98. The molecule has 0 fully saturated rings. The molecule has 4 N–H and O–H groups in total. The van der Waals surface area contributed by atoms with Crippen molar-refractivity contribution in [2.24, 2.45) is 5.73 Å². The first-order chi connectivity index (χ1) is 8.63. The zero-order chi connectivity index (χ0) is 13.4. The minimum Gasteiger partial charge on any atom is -0.330 e. The summed E-state index contributed by atoms with van der Waals surface area (Å²) in [5, 5.41) is 2.60. The summed E-state index contributed by atoms with van der Waals surface area (Å²) in [6, 6.07) is 1.59. The Morgan fingerprint density at radius 1 is 1.33 bits per heavy atom.